The van der Waals surface area contributed by atoms with Crippen LogP contribution in [0.5, 0.6) is 0 Å². The van der Waals surface area contributed by atoms with Crippen molar-refractivity contribution in [2.75, 3.05) is 0 Å². The minimum atomic E-state index is 1.08. The molecule has 50 valence electrons. The highest BCUT2D eigenvalue weighted by Gasteiger charge is 1.99. The van der Waals surface area contributed by atoms with E-state index >= 15 is 0 Å². The van der Waals surface area contributed by atoms with Gasteiger partial charge in [-0.05, 0) is 24.1 Å². The summed E-state index contributed by atoms with van der Waals surface area (Å²) in [6, 6.07) is 4.10. The fourth-order valence-electron chi connectivity index (χ4n) is 1.17. The molecule has 1 aliphatic rings. The molecule has 0 saturated carbocycles. The lowest BCUT2D eigenvalue weighted by molar-refractivity contribution is 1.36. The lowest BCUT2D eigenvalue weighted by atomic mass is 10.2. The number of hydrogen-bond acceptors (Lipinski definition) is 0. The fourth-order valence-corrected chi connectivity index (χ4v) is 1.17. The SMILES string of the molecule is C1=CC(c2ccc[nH]2)=CC1. The third-order valence-corrected chi connectivity index (χ3v) is 1.68. The van der Waals surface area contributed by atoms with E-state index in [1.165, 1.54) is 11.3 Å². The Morgan fingerprint density at radius 2 is 2.40 bits per heavy atom. The van der Waals surface area contributed by atoms with Gasteiger partial charge >= 0.3 is 0 Å². The first-order chi connectivity index (χ1) is 4.97. The zero-order chi connectivity index (χ0) is 6.81. The van der Waals surface area contributed by atoms with E-state index in [2.05, 4.69) is 29.3 Å². The molecule has 0 atom stereocenters. The summed E-state index contributed by atoms with van der Waals surface area (Å²) in [6.07, 6.45) is 9.55. The molecule has 1 aromatic rings. The monoisotopic (exact) mass is 131 g/mol. The molecule has 2 rings (SSSR count). The van der Waals surface area contributed by atoms with Crippen LogP contribution in [0, 0.1) is 0 Å². The maximum Gasteiger partial charge on any atom is 0.0450 e. The van der Waals surface area contributed by atoms with E-state index in [-0.39, 0.29) is 0 Å². The molecule has 1 heteroatoms. The molecule has 0 fully saturated rings. The van der Waals surface area contributed by atoms with Crippen molar-refractivity contribution in [3.63, 3.8) is 0 Å². The number of aromatic amines is 1. The van der Waals surface area contributed by atoms with E-state index in [1.807, 2.05) is 12.3 Å². The van der Waals surface area contributed by atoms with Crippen molar-refractivity contribution in [1.82, 2.24) is 4.98 Å². The van der Waals surface area contributed by atoms with Gasteiger partial charge < -0.3 is 4.98 Å². The van der Waals surface area contributed by atoms with Gasteiger partial charge in [0.1, 0.15) is 0 Å². The average Bonchev–Trinajstić information content (AvgIpc) is 2.59. The Morgan fingerprint density at radius 3 is 3.00 bits per heavy atom. The van der Waals surface area contributed by atoms with Gasteiger partial charge in [0.25, 0.3) is 0 Å². The summed E-state index contributed by atoms with van der Waals surface area (Å²) in [5, 5.41) is 0. The van der Waals surface area contributed by atoms with Gasteiger partial charge in [0.05, 0.1) is 0 Å². The zero-order valence-electron chi connectivity index (χ0n) is 5.67. The smallest absolute Gasteiger partial charge is 0.0450 e. The molecule has 10 heavy (non-hydrogen) atoms. The Morgan fingerprint density at radius 1 is 1.40 bits per heavy atom. The molecule has 1 N–H and O–H groups in total. The summed E-state index contributed by atoms with van der Waals surface area (Å²) in [5.74, 6) is 0. The molecule has 0 bridgehead atoms. The van der Waals surface area contributed by atoms with E-state index in [1.54, 1.807) is 0 Å². The number of nitrogens with one attached hydrogen (secondary N) is 1. The Balaban J connectivity index is 2.36. The van der Waals surface area contributed by atoms with Crippen LogP contribution in [0.2, 0.25) is 0 Å². The second kappa shape index (κ2) is 2.18. The van der Waals surface area contributed by atoms with Gasteiger partial charge in [-0.3, -0.25) is 0 Å². The molecule has 1 aliphatic carbocycles. The minimum Gasteiger partial charge on any atom is -0.361 e. The summed E-state index contributed by atoms with van der Waals surface area (Å²) in [4.78, 5) is 3.16. The van der Waals surface area contributed by atoms with Crippen LogP contribution in [-0.4, -0.2) is 4.98 Å². The van der Waals surface area contributed by atoms with Crippen LogP contribution in [0.15, 0.2) is 36.6 Å². The predicted octanol–water partition coefficient (Wildman–Crippen LogP) is 2.36. The molecule has 1 aromatic heterocycles. The highest BCUT2D eigenvalue weighted by Crippen LogP contribution is 2.18. The average molecular weight is 131 g/mol. The Hall–Kier alpha value is -1.24. The van der Waals surface area contributed by atoms with Crippen LogP contribution in [0.4, 0.5) is 0 Å². The number of allylic oxidation sites excluding steroid dienone is 4. The van der Waals surface area contributed by atoms with Gasteiger partial charge in [0.2, 0.25) is 0 Å². The molecule has 0 radical (unpaired) electrons. The van der Waals surface area contributed by atoms with E-state index in [4.69, 9.17) is 0 Å². The topological polar surface area (TPSA) is 15.8 Å². The first-order valence-corrected chi connectivity index (χ1v) is 3.47. The van der Waals surface area contributed by atoms with Gasteiger partial charge in [-0.15, -0.1) is 0 Å². The summed E-state index contributed by atoms with van der Waals surface area (Å²) >= 11 is 0. The molecule has 0 aliphatic heterocycles. The van der Waals surface area contributed by atoms with Gasteiger partial charge in [-0.25, -0.2) is 0 Å². The van der Waals surface area contributed by atoms with Gasteiger partial charge in [-0.1, -0.05) is 18.2 Å². The molecule has 0 spiro atoms. The van der Waals surface area contributed by atoms with E-state index in [9.17, 15) is 0 Å². The van der Waals surface area contributed by atoms with E-state index in [0.717, 1.165) is 6.42 Å². The minimum absolute atomic E-state index is 1.08. The van der Waals surface area contributed by atoms with Crippen LogP contribution >= 0.6 is 0 Å². The van der Waals surface area contributed by atoms with Crippen LogP contribution < -0.4 is 0 Å². The van der Waals surface area contributed by atoms with Crippen LogP contribution in [-0.2, 0) is 0 Å². The molecule has 0 aromatic carbocycles. The fraction of sp³-hybridized carbons (Fsp3) is 0.111. The van der Waals surface area contributed by atoms with Crippen LogP contribution in [0.1, 0.15) is 12.1 Å². The third-order valence-electron chi connectivity index (χ3n) is 1.68. The highest BCUT2D eigenvalue weighted by atomic mass is 14.7. The van der Waals surface area contributed by atoms with E-state index in [0.29, 0.717) is 0 Å². The first kappa shape index (κ1) is 5.54. The van der Waals surface area contributed by atoms with E-state index < -0.39 is 0 Å². The lowest BCUT2D eigenvalue weighted by Crippen LogP contribution is -1.74. The summed E-state index contributed by atoms with van der Waals surface area (Å²) in [6.45, 7) is 0. The summed E-state index contributed by atoms with van der Waals surface area (Å²) in [5.41, 5.74) is 2.53. The van der Waals surface area contributed by atoms with Crippen molar-refractivity contribution in [3.8, 4) is 0 Å². The van der Waals surface area contributed by atoms with Gasteiger partial charge in [-0.2, -0.15) is 0 Å². The van der Waals surface area contributed by atoms with Crippen molar-refractivity contribution in [2.45, 2.75) is 6.42 Å². The first-order valence-electron chi connectivity index (χ1n) is 3.47. The third kappa shape index (κ3) is 0.798. The molecule has 0 amide bonds. The van der Waals surface area contributed by atoms with Crippen molar-refractivity contribution in [1.29, 1.82) is 0 Å². The molecular weight excluding hydrogens is 122 g/mol. The molecule has 1 heterocycles. The summed E-state index contributed by atoms with van der Waals surface area (Å²) < 4.78 is 0. The number of H-pyrrole nitrogens is 1. The quantitative estimate of drug-likeness (QED) is 0.602. The largest absolute Gasteiger partial charge is 0.361 e. The molecule has 0 unspecified atom stereocenters. The standard InChI is InChI=1S/C9H9N/c1-2-5-8(4-1)9-6-3-7-10-9/h1,3-7,10H,2H2. The lowest BCUT2D eigenvalue weighted by Gasteiger charge is -1.91. The second-order valence-electron chi connectivity index (χ2n) is 2.38. The molecule has 0 saturated heterocycles. The number of rotatable bonds is 1. The predicted molar refractivity (Wildman–Crippen MR) is 42.5 cm³/mol. The van der Waals surface area contributed by atoms with Crippen LogP contribution in [0.3, 0.4) is 0 Å². The van der Waals surface area contributed by atoms with Gasteiger partial charge in [0.15, 0.2) is 0 Å². The normalized spacial score (nSPS) is 15.8. The molecule has 1 nitrogen and oxygen atoms in total. The van der Waals surface area contributed by atoms with Crippen molar-refractivity contribution >= 4 is 5.57 Å². The maximum atomic E-state index is 3.16. The highest BCUT2D eigenvalue weighted by molar-refractivity contribution is 5.74. The van der Waals surface area contributed by atoms with Crippen molar-refractivity contribution in [2.24, 2.45) is 0 Å². The summed E-state index contributed by atoms with van der Waals surface area (Å²) in [7, 11) is 0. The second-order valence-corrected chi connectivity index (χ2v) is 2.38. The maximum absolute atomic E-state index is 3.16. The molecular formula is C9H9N. The van der Waals surface area contributed by atoms with Crippen molar-refractivity contribution in [3.05, 3.63) is 42.3 Å². The Bertz CT molecular complexity index is 265. The number of aromatic nitrogens is 1. The van der Waals surface area contributed by atoms with Crippen LogP contribution in [0.25, 0.3) is 5.57 Å². The Kier molecular flexibility index (Phi) is 1.21. The number of hydrogen-bond donors (Lipinski definition) is 1. The zero-order valence-corrected chi connectivity index (χ0v) is 5.67. The van der Waals surface area contributed by atoms with Gasteiger partial charge in [0, 0.05) is 11.9 Å². The Labute approximate surface area is 60.1 Å². The van der Waals surface area contributed by atoms with Crippen molar-refractivity contribution < 1.29 is 0 Å².